The first-order chi connectivity index (χ1) is 9.04. The van der Waals surface area contributed by atoms with Crippen molar-refractivity contribution in [2.45, 2.75) is 6.42 Å². The molecule has 0 bridgehead atoms. The summed E-state index contributed by atoms with van der Waals surface area (Å²) in [6.07, 6.45) is 0.196. The normalized spacial score (nSPS) is 10.2. The summed E-state index contributed by atoms with van der Waals surface area (Å²) >= 11 is 3.33. The van der Waals surface area contributed by atoms with Crippen molar-refractivity contribution in [1.29, 1.82) is 0 Å². The van der Waals surface area contributed by atoms with Crippen LogP contribution < -0.4 is 5.32 Å². The zero-order valence-electron chi connectivity index (χ0n) is 9.86. The molecule has 2 aromatic rings. The quantitative estimate of drug-likeness (QED) is 0.850. The Morgan fingerprint density at radius 3 is 2.74 bits per heavy atom. The van der Waals surface area contributed by atoms with E-state index in [0.717, 1.165) is 16.1 Å². The lowest BCUT2D eigenvalue weighted by Crippen LogP contribution is -2.14. The van der Waals surface area contributed by atoms with Crippen LogP contribution >= 0.6 is 15.9 Å². The van der Waals surface area contributed by atoms with Gasteiger partial charge in [0.2, 0.25) is 5.91 Å². The van der Waals surface area contributed by atoms with Crippen LogP contribution in [0.15, 0.2) is 46.9 Å². The van der Waals surface area contributed by atoms with E-state index in [0.29, 0.717) is 5.69 Å². The van der Waals surface area contributed by atoms with E-state index in [1.165, 1.54) is 12.1 Å². The van der Waals surface area contributed by atoms with Gasteiger partial charge in [0.15, 0.2) is 11.6 Å². The summed E-state index contributed by atoms with van der Waals surface area (Å²) in [6, 6.07) is 11.1. The minimum Gasteiger partial charge on any atom is -0.505 e. The number of anilines is 1. The number of halogens is 2. The standard InChI is InChI=1S/C14H11BrFNO2/c15-10-3-1-2-9(6-10)7-14(19)17-11-4-5-13(18)12(16)8-11/h1-6,8,18H,7H2,(H,17,19). The Hall–Kier alpha value is -1.88. The fourth-order valence-corrected chi connectivity index (χ4v) is 2.07. The average Bonchev–Trinajstić information content (AvgIpc) is 2.34. The highest BCUT2D eigenvalue weighted by Crippen LogP contribution is 2.19. The molecule has 0 heterocycles. The molecule has 0 radical (unpaired) electrons. The second kappa shape index (κ2) is 5.84. The molecule has 2 rings (SSSR count). The van der Waals surface area contributed by atoms with E-state index >= 15 is 0 Å². The van der Waals surface area contributed by atoms with Gasteiger partial charge < -0.3 is 10.4 Å². The Morgan fingerprint density at radius 2 is 2.05 bits per heavy atom. The van der Waals surface area contributed by atoms with Crippen LogP contribution in [0.1, 0.15) is 5.56 Å². The third-order valence-corrected chi connectivity index (χ3v) is 2.98. The van der Waals surface area contributed by atoms with Crippen molar-refractivity contribution >= 4 is 27.5 Å². The van der Waals surface area contributed by atoms with Gasteiger partial charge in [-0.15, -0.1) is 0 Å². The molecule has 5 heteroatoms. The number of aromatic hydroxyl groups is 1. The Kier molecular flexibility index (Phi) is 4.16. The van der Waals surface area contributed by atoms with E-state index in [9.17, 15) is 9.18 Å². The lowest BCUT2D eigenvalue weighted by atomic mass is 10.1. The first kappa shape index (κ1) is 13.5. The predicted octanol–water partition coefficient (Wildman–Crippen LogP) is 3.48. The van der Waals surface area contributed by atoms with Gasteiger partial charge in [-0.1, -0.05) is 28.1 Å². The van der Waals surface area contributed by atoms with Gasteiger partial charge in [0.25, 0.3) is 0 Å². The Labute approximate surface area is 118 Å². The maximum absolute atomic E-state index is 13.1. The third kappa shape index (κ3) is 3.79. The van der Waals surface area contributed by atoms with Crippen LogP contribution in [-0.2, 0) is 11.2 Å². The molecule has 0 unspecified atom stereocenters. The number of carbonyl (C=O) groups excluding carboxylic acids is 1. The van der Waals surface area contributed by atoms with E-state index in [4.69, 9.17) is 5.11 Å². The van der Waals surface area contributed by atoms with Crippen LogP contribution in [0.25, 0.3) is 0 Å². The molecule has 2 N–H and O–H groups in total. The Bertz CT molecular complexity index is 616. The van der Waals surface area contributed by atoms with E-state index in [-0.39, 0.29) is 12.3 Å². The van der Waals surface area contributed by atoms with Crippen molar-refractivity contribution in [2.75, 3.05) is 5.32 Å². The van der Waals surface area contributed by atoms with Gasteiger partial charge in [0.05, 0.1) is 6.42 Å². The van der Waals surface area contributed by atoms with Crippen molar-refractivity contribution in [3.63, 3.8) is 0 Å². The molecule has 0 atom stereocenters. The predicted molar refractivity (Wildman–Crippen MR) is 74.5 cm³/mol. The molecular weight excluding hydrogens is 313 g/mol. The number of phenols is 1. The summed E-state index contributed by atoms with van der Waals surface area (Å²) in [5, 5.41) is 11.6. The lowest BCUT2D eigenvalue weighted by molar-refractivity contribution is -0.115. The minimum atomic E-state index is -0.764. The smallest absolute Gasteiger partial charge is 0.228 e. The second-order valence-electron chi connectivity index (χ2n) is 4.02. The number of carbonyl (C=O) groups is 1. The molecule has 1 amide bonds. The van der Waals surface area contributed by atoms with Crippen molar-refractivity contribution in [3.8, 4) is 5.75 Å². The maximum atomic E-state index is 13.1. The fourth-order valence-electron chi connectivity index (χ4n) is 1.62. The molecule has 19 heavy (non-hydrogen) atoms. The van der Waals surface area contributed by atoms with Crippen LogP contribution in [0.2, 0.25) is 0 Å². The highest BCUT2D eigenvalue weighted by molar-refractivity contribution is 9.10. The third-order valence-electron chi connectivity index (χ3n) is 2.49. The number of rotatable bonds is 3. The number of phenolic OH excluding ortho intramolecular Hbond substituents is 1. The van der Waals surface area contributed by atoms with Crippen molar-refractivity contribution in [3.05, 3.63) is 58.3 Å². The van der Waals surface area contributed by atoms with Crippen molar-refractivity contribution < 1.29 is 14.3 Å². The molecule has 0 aliphatic rings. The van der Waals surface area contributed by atoms with Gasteiger partial charge in [-0.25, -0.2) is 4.39 Å². The highest BCUT2D eigenvalue weighted by atomic mass is 79.9. The van der Waals surface area contributed by atoms with Crippen LogP contribution in [0.3, 0.4) is 0 Å². The zero-order valence-corrected chi connectivity index (χ0v) is 11.4. The number of hydrogen-bond donors (Lipinski definition) is 2. The van der Waals surface area contributed by atoms with Crippen molar-refractivity contribution in [1.82, 2.24) is 0 Å². The molecule has 2 aromatic carbocycles. The van der Waals surface area contributed by atoms with E-state index < -0.39 is 11.6 Å². The number of amides is 1. The molecule has 0 saturated carbocycles. The SMILES string of the molecule is O=C(Cc1cccc(Br)c1)Nc1ccc(O)c(F)c1. The molecule has 0 saturated heterocycles. The number of hydrogen-bond acceptors (Lipinski definition) is 2. The van der Waals surface area contributed by atoms with Gasteiger partial charge in [0, 0.05) is 16.2 Å². The lowest BCUT2D eigenvalue weighted by Gasteiger charge is -2.06. The molecule has 0 fully saturated rings. The Morgan fingerprint density at radius 1 is 1.26 bits per heavy atom. The topological polar surface area (TPSA) is 49.3 Å². The summed E-state index contributed by atoms with van der Waals surface area (Å²) in [7, 11) is 0. The van der Waals surface area contributed by atoms with Crippen LogP contribution in [0, 0.1) is 5.82 Å². The largest absolute Gasteiger partial charge is 0.505 e. The van der Waals surface area contributed by atoms with E-state index in [1.807, 2.05) is 24.3 Å². The summed E-state index contributed by atoms with van der Waals surface area (Å²) in [5.41, 5.74) is 1.17. The van der Waals surface area contributed by atoms with E-state index in [2.05, 4.69) is 21.2 Å². The van der Waals surface area contributed by atoms with Gasteiger partial charge in [-0.3, -0.25) is 4.79 Å². The molecule has 0 spiro atoms. The first-order valence-electron chi connectivity index (χ1n) is 5.57. The average molecular weight is 324 g/mol. The number of benzene rings is 2. The first-order valence-corrected chi connectivity index (χ1v) is 6.37. The Balaban J connectivity index is 2.03. The van der Waals surface area contributed by atoms with Crippen LogP contribution in [0.5, 0.6) is 5.75 Å². The summed E-state index contributed by atoms with van der Waals surface area (Å²) in [6.45, 7) is 0. The van der Waals surface area contributed by atoms with Crippen LogP contribution in [0.4, 0.5) is 10.1 Å². The molecule has 3 nitrogen and oxygen atoms in total. The molecular formula is C14H11BrFNO2. The fraction of sp³-hybridized carbons (Fsp3) is 0.0714. The molecule has 0 aliphatic heterocycles. The summed E-state index contributed by atoms with van der Waals surface area (Å²) < 4.78 is 14.0. The number of nitrogens with one attached hydrogen (secondary N) is 1. The van der Waals surface area contributed by atoms with Gasteiger partial charge >= 0.3 is 0 Å². The van der Waals surface area contributed by atoms with Crippen molar-refractivity contribution in [2.24, 2.45) is 0 Å². The zero-order chi connectivity index (χ0) is 13.8. The van der Waals surface area contributed by atoms with Gasteiger partial charge in [-0.2, -0.15) is 0 Å². The van der Waals surface area contributed by atoms with Crippen LogP contribution in [-0.4, -0.2) is 11.0 Å². The second-order valence-corrected chi connectivity index (χ2v) is 4.94. The molecule has 98 valence electrons. The van der Waals surface area contributed by atoms with Gasteiger partial charge in [-0.05, 0) is 29.8 Å². The van der Waals surface area contributed by atoms with Gasteiger partial charge in [0.1, 0.15) is 0 Å². The summed E-state index contributed by atoms with van der Waals surface area (Å²) in [4.78, 5) is 11.8. The monoisotopic (exact) mass is 323 g/mol. The van der Waals surface area contributed by atoms with E-state index in [1.54, 1.807) is 0 Å². The highest BCUT2D eigenvalue weighted by Gasteiger charge is 2.07. The maximum Gasteiger partial charge on any atom is 0.228 e. The molecule has 0 aliphatic carbocycles. The summed E-state index contributed by atoms with van der Waals surface area (Å²) in [5.74, 6) is -1.45. The molecule has 0 aromatic heterocycles. The minimum absolute atomic E-state index is 0.196.